The molecule has 0 aromatic heterocycles. The summed E-state index contributed by atoms with van der Waals surface area (Å²) in [7, 11) is 3.73. The van der Waals surface area contributed by atoms with Gasteiger partial charge in [-0.2, -0.15) is 0 Å². The Balaban J connectivity index is 1.25. The number of nitrogens with zero attached hydrogens (tertiary/aromatic N) is 1. The molecule has 0 atom stereocenters. The summed E-state index contributed by atoms with van der Waals surface area (Å²) in [6.07, 6.45) is 0. The minimum atomic E-state index is -1.41. The van der Waals surface area contributed by atoms with E-state index in [1.165, 1.54) is 66.7 Å². The summed E-state index contributed by atoms with van der Waals surface area (Å²) >= 11 is 0. The number of carbonyl (C=O) groups is 4. The normalized spacial score (nSPS) is 11.3. The molecule has 2 aliphatic heterocycles. The predicted octanol–water partition coefficient (Wildman–Crippen LogP) is 7.36. The number of carboxylic acids is 3. The average molecular weight is 790 g/mol. The topological polar surface area (TPSA) is 232 Å². The van der Waals surface area contributed by atoms with Crippen LogP contribution in [0.5, 0.6) is 5.75 Å². The van der Waals surface area contributed by atoms with Gasteiger partial charge >= 0.3 is 17.9 Å². The number of aromatic carboxylic acids is 3. The molecule has 14 nitrogen and oxygen atoms in total. The molecule has 0 fully saturated rings. The summed E-state index contributed by atoms with van der Waals surface area (Å²) in [5, 5.41) is 53.3. The van der Waals surface area contributed by atoms with E-state index >= 15 is 0 Å². The lowest BCUT2D eigenvalue weighted by atomic mass is 9.89. The van der Waals surface area contributed by atoms with Gasteiger partial charge < -0.3 is 44.9 Å². The SMILES string of the molecule is CN(C)c1ccc2c(-c3cc(C(=O)NCc4c(O)ccc5c(-c6ccc(C(=O)O)cc6C(=O)O)c6ccc(=O)cc-6oc45)ccc3C(=O)O)c3ccc(=N)cc-3oc2c1. The Morgan fingerprint density at radius 3 is 2.02 bits per heavy atom. The number of carbonyl (C=O) groups excluding carboxylic acids is 1. The molecule has 0 saturated carbocycles. The van der Waals surface area contributed by atoms with Crippen molar-refractivity contribution in [2.75, 3.05) is 19.0 Å². The molecular formula is C45H31N3O11. The molecule has 292 valence electrons. The van der Waals surface area contributed by atoms with E-state index in [-0.39, 0.29) is 73.5 Å². The van der Waals surface area contributed by atoms with Gasteiger partial charge in [-0.3, -0.25) is 9.59 Å². The standard InChI is InChI=1S/C45H31N3O11/c1-48(2)24-6-11-29-37(18-24)58-36-17-23(46)5-10-28(36)40(29)32-15-21(3-9-27(32)44(54)55)42(51)47-20-34-35(50)14-13-31-39(30-12-7-25(49)19-38(30)59-41(31)34)26-8-4-22(43(52)53)16-33(26)45(56)57/h3-19,46,50H,20H2,1-2H3,(H,47,51)(H,52,53)(H,54,55)(H,56,57). The summed E-state index contributed by atoms with van der Waals surface area (Å²) in [5.41, 5.74) is 2.20. The maximum atomic E-state index is 14.0. The second kappa shape index (κ2) is 14.4. The molecule has 0 unspecified atom stereocenters. The number of anilines is 1. The zero-order chi connectivity index (χ0) is 41.9. The fourth-order valence-corrected chi connectivity index (χ4v) is 7.31. The Morgan fingerprint density at radius 1 is 0.644 bits per heavy atom. The van der Waals surface area contributed by atoms with Gasteiger partial charge in [0.25, 0.3) is 5.91 Å². The molecule has 4 aromatic rings. The number of phenolic OH excluding ortho intramolecular Hbond substituents is 1. The predicted molar refractivity (Wildman–Crippen MR) is 217 cm³/mol. The van der Waals surface area contributed by atoms with Gasteiger partial charge in [0.2, 0.25) is 0 Å². The van der Waals surface area contributed by atoms with Gasteiger partial charge in [-0.25, -0.2) is 14.4 Å². The van der Waals surface area contributed by atoms with E-state index in [1.807, 2.05) is 25.1 Å². The van der Waals surface area contributed by atoms with Gasteiger partial charge in [0.05, 0.1) is 34.2 Å². The summed E-state index contributed by atoms with van der Waals surface area (Å²) in [6.45, 7) is -0.344. The highest BCUT2D eigenvalue weighted by molar-refractivity contribution is 6.11. The van der Waals surface area contributed by atoms with Crippen LogP contribution in [0.2, 0.25) is 0 Å². The van der Waals surface area contributed by atoms with Crippen molar-refractivity contribution in [1.29, 1.82) is 5.41 Å². The van der Waals surface area contributed by atoms with Crippen molar-refractivity contribution in [2.45, 2.75) is 6.54 Å². The molecule has 0 bridgehead atoms. The van der Waals surface area contributed by atoms with Gasteiger partial charge in [-0.15, -0.1) is 0 Å². The molecule has 0 radical (unpaired) electrons. The molecule has 1 amide bonds. The molecule has 2 aliphatic carbocycles. The molecule has 4 aromatic carbocycles. The van der Waals surface area contributed by atoms with Crippen LogP contribution in [-0.4, -0.2) is 58.3 Å². The zero-order valence-electron chi connectivity index (χ0n) is 31.1. The third-order valence-electron chi connectivity index (χ3n) is 10.1. The maximum absolute atomic E-state index is 14.0. The van der Waals surface area contributed by atoms with Crippen LogP contribution >= 0.6 is 0 Å². The molecule has 0 saturated heterocycles. The molecular weight excluding hydrogens is 759 g/mol. The van der Waals surface area contributed by atoms with Gasteiger partial charge in [0.1, 0.15) is 28.4 Å². The Kier molecular flexibility index (Phi) is 9.16. The van der Waals surface area contributed by atoms with Gasteiger partial charge in [0.15, 0.2) is 5.43 Å². The molecule has 59 heavy (non-hydrogen) atoms. The van der Waals surface area contributed by atoms with Gasteiger partial charge in [0, 0.05) is 76.6 Å². The third-order valence-corrected chi connectivity index (χ3v) is 10.1. The van der Waals surface area contributed by atoms with Crippen molar-refractivity contribution in [3.8, 4) is 50.7 Å². The van der Waals surface area contributed by atoms with Crippen LogP contribution in [0.3, 0.4) is 0 Å². The largest absolute Gasteiger partial charge is 0.507 e. The number of hydrogen-bond donors (Lipinski definition) is 6. The molecule has 6 N–H and O–H groups in total. The lowest BCUT2D eigenvalue weighted by Gasteiger charge is -2.20. The Morgan fingerprint density at radius 2 is 1.31 bits per heavy atom. The first kappa shape index (κ1) is 37.7. The lowest BCUT2D eigenvalue weighted by molar-refractivity contribution is 0.0682. The van der Waals surface area contributed by atoms with Crippen molar-refractivity contribution in [2.24, 2.45) is 0 Å². The molecule has 14 heteroatoms. The fraction of sp³-hybridized carbons (Fsp3) is 0.0667. The van der Waals surface area contributed by atoms with E-state index in [2.05, 4.69) is 5.32 Å². The van der Waals surface area contributed by atoms with E-state index < -0.39 is 29.2 Å². The number of nitrogens with one attached hydrogen (secondary N) is 2. The van der Waals surface area contributed by atoms with Crippen LogP contribution in [0, 0.1) is 5.41 Å². The maximum Gasteiger partial charge on any atom is 0.336 e. The summed E-state index contributed by atoms with van der Waals surface area (Å²) < 4.78 is 12.4. The summed E-state index contributed by atoms with van der Waals surface area (Å²) in [5.74, 6) is -4.57. The molecule has 4 aliphatic rings. The minimum Gasteiger partial charge on any atom is -0.507 e. The number of benzene rings is 6. The quantitative estimate of drug-likeness (QED) is 0.0788. The van der Waals surface area contributed by atoms with Crippen molar-refractivity contribution < 1.29 is 48.4 Å². The second-order valence-electron chi connectivity index (χ2n) is 14.0. The van der Waals surface area contributed by atoms with Crippen LogP contribution in [0.1, 0.15) is 47.0 Å². The fourth-order valence-electron chi connectivity index (χ4n) is 7.31. The zero-order valence-corrected chi connectivity index (χ0v) is 31.1. The van der Waals surface area contributed by atoms with Crippen LogP contribution in [-0.2, 0) is 6.54 Å². The first-order valence-electron chi connectivity index (χ1n) is 17.9. The van der Waals surface area contributed by atoms with Crippen molar-refractivity contribution in [3.63, 3.8) is 0 Å². The first-order chi connectivity index (χ1) is 28.2. The smallest absolute Gasteiger partial charge is 0.336 e. The van der Waals surface area contributed by atoms with Crippen molar-refractivity contribution >= 4 is 51.4 Å². The number of rotatable bonds is 9. The Hall–Kier alpha value is -8.26. The molecule has 8 rings (SSSR count). The van der Waals surface area contributed by atoms with Gasteiger partial charge in [-0.05, 0) is 90.0 Å². The third kappa shape index (κ3) is 6.63. The first-order valence-corrected chi connectivity index (χ1v) is 17.9. The number of phenols is 1. The van der Waals surface area contributed by atoms with Crippen LogP contribution in [0.4, 0.5) is 5.69 Å². The Labute approximate surface area is 332 Å². The van der Waals surface area contributed by atoms with Crippen LogP contribution in [0.25, 0.3) is 66.8 Å². The summed E-state index contributed by atoms with van der Waals surface area (Å²) in [4.78, 5) is 65.3. The number of aromatic hydroxyl groups is 1. The molecule has 0 spiro atoms. The second-order valence-corrected chi connectivity index (χ2v) is 14.0. The van der Waals surface area contributed by atoms with E-state index in [4.69, 9.17) is 14.2 Å². The highest BCUT2D eigenvalue weighted by Crippen LogP contribution is 2.45. The summed E-state index contributed by atoms with van der Waals surface area (Å²) in [6, 6.07) is 24.7. The molecule has 2 heterocycles. The van der Waals surface area contributed by atoms with E-state index in [0.29, 0.717) is 38.8 Å². The van der Waals surface area contributed by atoms with E-state index in [0.717, 1.165) is 11.8 Å². The van der Waals surface area contributed by atoms with E-state index in [9.17, 15) is 44.4 Å². The van der Waals surface area contributed by atoms with Crippen molar-refractivity contribution in [3.05, 3.63) is 147 Å². The number of hydrogen-bond acceptors (Lipinski definition) is 10. The van der Waals surface area contributed by atoms with Crippen molar-refractivity contribution in [1.82, 2.24) is 5.32 Å². The monoisotopic (exact) mass is 789 g/mol. The highest BCUT2D eigenvalue weighted by Gasteiger charge is 2.27. The Bertz CT molecular complexity index is 3160. The number of fused-ring (bicyclic) bond motifs is 4. The highest BCUT2D eigenvalue weighted by atomic mass is 16.4. The minimum absolute atomic E-state index is 0.01000. The van der Waals surface area contributed by atoms with Gasteiger partial charge in [-0.1, -0.05) is 6.07 Å². The lowest BCUT2D eigenvalue weighted by Crippen LogP contribution is -2.23. The van der Waals surface area contributed by atoms with Crippen LogP contribution < -0.4 is 21.0 Å². The number of amides is 1. The average Bonchev–Trinajstić information content (AvgIpc) is 3.20. The van der Waals surface area contributed by atoms with Crippen LogP contribution in [0.15, 0.2) is 117 Å². The number of carboxylic acid groups (broad SMARTS) is 3. The van der Waals surface area contributed by atoms with E-state index in [1.54, 1.807) is 24.3 Å².